The number of aliphatic hydroxyl groups excluding tert-OH is 1. The number of benzene rings is 1. The van der Waals surface area contributed by atoms with Crippen molar-refractivity contribution in [1.82, 2.24) is 10.2 Å². The molecule has 0 saturated carbocycles. The lowest BCUT2D eigenvalue weighted by atomic mass is 10.1. The molecule has 0 fully saturated rings. The summed E-state index contributed by atoms with van der Waals surface area (Å²) in [5, 5.41) is 11.8. The van der Waals surface area contributed by atoms with Gasteiger partial charge in [0.1, 0.15) is 0 Å². The minimum atomic E-state index is -0.0955. The minimum absolute atomic E-state index is 0.00606. The van der Waals surface area contributed by atoms with Crippen LogP contribution < -0.4 is 5.32 Å². The highest BCUT2D eigenvalue weighted by Gasteiger charge is 2.10. The molecule has 18 heavy (non-hydrogen) atoms. The largest absolute Gasteiger partial charge is 0.395 e. The third-order valence-corrected chi connectivity index (χ3v) is 2.68. The number of carbonyl (C=O) groups is 1. The maximum atomic E-state index is 11.8. The molecular weight excluding hydrogens is 228 g/mol. The number of hydrogen-bond donors (Lipinski definition) is 2. The Labute approximate surface area is 109 Å². The van der Waals surface area contributed by atoms with E-state index in [-0.39, 0.29) is 12.6 Å². The van der Waals surface area contributed by atoms with Crippen LogP contribution in [0.3, 0.4) is 0 Å². The second-order valence-corrected chi connectivity index (χ2v) is 4.18. The summed E-state index contributed by atoms with van der Waals surface area (Å²) >= 11 is 0. The molecule has 0 saturated heterocycles. The molecule has 1 aromatic rings. The van der Waals surface area contributed by atoms with E-state index in [1.807, 2.05) is 37.3 Å². The number of nitrogens with one attached hydrogen (secondary N) is 1. The minimum Gasteiger partial charge on any atom is -0.395 e. The first kappa shape index (κ1) is 14.5. The highest BCUT2D eigenvalue weighted by molar-refractivity contribution is 5.74. The van der Waals surface area contributed by atoms with Gasteiger partial charge in [-0.15, -0.1) is 0 Å². The molecule has 4 nitrogen and oxygen atoms in total. The van der Waals surface area contributed by atoms with Gasteiger partial charge < -0.3 is 15.3 Å². The molecule has 0 heterocycles. The molecule has 4 heteroatoms. The summed E-state index contributed by atoms with van der Waals surface area (Å²) in [6, 6.07) is 9.96. The summed E-state index contributed by atoms with van der Waals surface area (Å²) in [7, 11) is 0. The Bertz CT molecular complexity index is 335. The average molecular weight is 250 g/mol. The summed E-state index contributed by atoms with van der Waals surface area (Å²) in [5.41, 5.74) is 1.21. The Hall–Kier alpha value is -1.55. The molecule has 0 radical (unpaired) electrons. The Morgan fingerprint density at radius 3 is 2.61 bits per heavy atom. The van der Waals surface area contributed by atoms with Gasteiger partial charge in [-0.2, -0.15) is 0 Å². The van der Waals surface area contributed by atoms with Crippen molar-refractivity contribution in [3.05, 3.63) is 35.9 Å². The zero-order valence-electron chi connectivity index (χ0n) is 10.9. The van der Waals surface area contributed by atoms with Crippen LogP contribution in [-0.2, 0) is 6.42 Å². The zero-order valence-corrected chi connectivity index (χ0v) is 10.9. The Morgan fingerprint density at radius 2 is 2.00 bits per heavy atom. The van der Waals surface area contributed by atoms with E-state index in [0.717, 1.165) is 12.8 Å². The lowest BCUT2D eigenvalue weighted by molar-refractivity contribution is 0.177. The first-order chi connectivity index (χ1) is 8.77. The fourth-order valence-corrected chi connectivity index (χ4v) is 1.78. The summed E-state index contributed by atoms with van der Waals surface area (Å²) in [5.74, 6) is 0. The lowest BCUT2D eigenvalue weighted by Gasteiger charge is -2.21. The van der Waals surface area contributed by atoms with Crippen molar-refractivity contribution >= 4 is 6.03 Å². The molecule has 2 amide bonds. The number of rotatable bonds is 7. The van der Waals surface area contributed by atoms with Crippen LogP contribution in [0.15, 0.2) is 30.3 Å². The predicted octanol–water partition coefficient (Wildman–Crippen LogP) is 1.64. The van der Waals surface area contributed by atoms with Crippen molar-refractivity contribution in [2.45, 2.75) is 19.8 Å². The van der Waals surface area contributed by atoms with E-state index < -0.39 is 0 Å². The van der Waals surface area contributed by atoms with Gasteiger partial charge in [-0.3, -0.25) is 0 Å². The van der Waals surface area contributed by atoms with Crippen molar-refractivity contribution in [3.63, 3.8) is 0 Å². The van der Waals surface area contributed by atoms with Gasteiger partial charge >= 0.3 is 6.03 Å². The van der Waals surface area contributed by atoms with Crippen LogP contribution in [-0.4, -0.2) is 42.3 Å². The Balaban J connectivity index is 2.30. The van der Waals surface area contributed by atoms with E-state index in [1.54, 1.807) is 4.90 Å². The maximum absolute atomic E-state index is 11.8. The van der Waals surface area contributed by atoms with Gasteiger partial charge in [-0.05, 0) is 18.4 Å². The van der Waals surface area contributed by atoms with Crippen LogP contribution in [0.2, 0.25) is 0 Å². The van der Waals surface area contributed by atoms with Crippen molar-refractivity contribution in [2.75, 3.05) is 26.2 Å². The van der Waals surface area contributed by atoms with Crippen LogP contribution in [0.25, 0.3) is 0 Å². The molecule has 100 valence electrons. The van der Waals surface area contributed by atoms with E-state index in [4.69, 9.17) is 5.11 Å². The second kappa shape index (κ2) is 8.53. The van der Waals surface area contributed by atoms with Gasteiger partial charge in [-0.1, -0.05) is 37.3 Å². The number of aliphatic hydroxyl groups is 1. The van der Waals surface area contributed by atoms with Crippen LogP contribution in [0, 0.1) is 0 Å². The molecule has 0 bridgehead atoms. The maximum Gasteiger partial charge on any atom is 0.317 e. The molecule has 2 N–H and O–H groups in total. The molecule has 0 spiro atoms. The lowest BCUT2D eigenvalue weighted by Crippen LogP contribution is -2.42. The fourth-order valence-electron chi connectivity index (χ4n) is 1.78. The zero-order chi connectivity index (χ0) is 13.2. The molecular formula is C14H22N2O2. The topological polar surface area (TPSA) is 52.6 Å². The number of hydrogen-bond acceptors (Lipinski definition) is 2. The second-order valence-electron chi connectivity index (χ2n) is 4.18. The molecule has 0 aliphatic heterocycles. The highest BCUT2D eigenvalue weighted by Crippen LogP contribution is 1.99. The van der Waals surface area contributed by atoms with E-state index in [0.29, 0.717) is 19.6 Å². The van der Waals surface area contributed by atoms with E-state index in [2.05, 4.69) is 5.32 Å². The van der Waals surface area contributed by atoms with Gasteiger partial charge in [0.2, 0.25) is 0 Å². The predicted molar refractivity (Wildman–Crippen MR) is 72.5 cm³/mol. The summed E-state index contributed by atoms with van der Waals surface area (Å²) in [6.45, 7) is 3.71. The SMILES string of the molecule is CCCN(CCO)C(=O)NCCc1ccccc1. The molecule has 0 aromatic heterocycles. The molecule has 0 aliphatic rings. The standard InChI is InChI=1S/C14H22N2O2/c1-2-10-16(11-12-17)14(18)15-9-8-13-6-4-3-5-7-13/h3-7,17H,2,8-12H2,1H3,(H,15,18). The summed E-state index contributed by atoms with van der Waals surface area (Å²) in [4.78, 5) is 13.5. The first-order valence-corrected chi connectivity index (χ1v) is 6.45. The number of amides is 2. The van der Waals surface area contributed by atoms with E-state index in [1.165, 1.54) is 5.56 Å². The number of urea groups is 1. The summed E-state index contributed by atoms with van der Waals surface area (Å²) in [6.07, 6.45) is 1.72. The van der Waals surface area contributed by atoms with Crippen LogP contribution >= 0.6 is 0 Å². The molecule has 0 aliphatic carbocycles. The van der Waals surface area contributed by atoms with Crippen molar-refractivity contribution < 1.29 is 9.90 Å². The quantitative estimate of drug-likeness (QED) is 0.773. The van der Waals surface area contributed by atoms with Crippen molar-refractivity contribution in [2.24, 2.45) is 0 Å². The molecule has 1 aromatic carbocycles. The first-order valence-electron chi connectivity index (χ1n) is 6.45. The van der Waals surface area contributed by atoms with Gasteiger partial charge in [0, 0.05) is 19.6 Å². The molecule has 0 unspecified atom stereocenters. The van der Waals surface area contributed by atoms with Crippen molar-refractivity contribution in [1.29, 1.82) is 0 Å². The third kappa shape index (κ3) is 5.19. The van der Waals surface area contributed by atoms with Crippen LogP contribution in [0.1, 0.15) is 18.9 Å². The normalized spacial score (nSPS) is 10.1. The van der Waals surface area contributed by atoms with Crippen LogP contribution in [0.5, 0.6) is 0 Å². The van der Waals surface area contributed by atoms with E-state index >= 15 is 0 Å². The number of nitrogens with zero attached hydrogens (tertiary/aromatic N) is 1. The smallest absolute Gasteiger partial charge is 0.317 e. The summed E-state index contributed by atoms with van der Waals surface area (Å²) < 4.78 is 0. The fraction of sp³-hybridized carbons (Fsp3) is 0.500. The van der Waals surface area contributed by atoms with Crippen LogP contribution in [0.4, 0.5) is 4.79 Å². The van der Waals surface area contributed by atoms with Gasteiger partial charge in [0.05, 0.1) is 6.61 Å². The third-order valence-electron chi connectivity index (χ3n) is 2.68. The Morgan fingerprint density at radius 1 is 1.28 bits per heavy atom. The van der Waals surface area contributed by atoms with Gasteiger partial charge in [-0.25, -0.2) is 4.79 Å². The highest BCUT2D eigenvalue weighted by atomic mass is 16.3. The van der Waals surface area contributed by atoms with Gasteiger partial charge in [0.15, 0.2) is 0 Å². The molecule has 1 rings (SSSR count). The molecule has 0 atom stereocenters. The average Bonchev–Trinajstić information content (AvgIpc) is 2.39. The van der Waals surface area contributed by atoms with Crippen molar-refractivity contribution in [3.8, 4) is 0 Å². The van der Waals surface area contributed by atoms with E-state index in [9.17, 15) is 4.79 Å². The van der Waals surface area contributed by atoms with Gasteiger partial charge in [0.25, 0.3) is 0 Å². The Kier molecular flexibility index (Phi) is 6.87. The monoisotopic (exact) mass is 250 g/mol. The number of carbonyl (C=O) groups excluding carboxylic acids is 1.